The summed E-state index contributed by atoms with van der Waals surface area (Å²) in [6.07, 6.45) is -3.86. The van der Waals surface area contributed by atoms with Gasteiger partial charge in [-0.3, -0.25) is 10.1 Å². The third kappa shape index (κ3) is 4.15. The molecule has 5 rings (SSSR count). The van der Waals surface area contributed by atoms with Crippen LogP contribution in [0.4, 0.5) is 28.4 Å². The molecule has 33 heavy (non-hydrogen) atoms. The fraction of sp³-hybridized carbons (Fsp3) is 0.227. The molecule has 4 aromatic rings. The van der Waals surface area contributed by atoms with Gasteiger partial charge in [0, 0.05) is 35.9 Å². The number of aromatic nitrogens is 3. The van der Waals surface area contributed by atoms with E-state index in [2.05, 4.69) is 20.3 Å². The minimum Gasteiger partial charge on any atom is -0.368 e. The standard InChI is InChI=1S/C22H17F4N5OS/c23-12-6-8-31(11-12)13-4-5-14(16(10-13)22(24,25)26)19-28-17-3-1-2-15(18(17)29-19)20(32)30-21-27-7-9-33-21/h1-5,7,9-10,12H,6,8,11H2,(H,28,29)(H,27,30,32). The fourth-order valence-corrected chi connectivity index (χ4v) is 4.44. The van der Waals surface area contributed by atoms with Crippen LogP contribution in [-0.4, -0.2) is 40.1 Å². The summed E-state index contributed by atoms with van der Waals surface area (Å²) in [4.78, 5) is 25.5. The number of nitrogens with one attached hydrogen (secondary N) is 2. The van der Waals surface area contributed by atoms with E-state index in [9.17, 15) is 22.4 Å². The average molecular weight is 475 g/mol. The number of alkyl halides is 4. The van der Waals surface area contributed by atoms with E-state index in [1.54, 1.807) is 34.7 Å². The number of benzene rings is 2. The van der Waals surface area contributed by atoms with Crippen molar-refractivity contribution in [2.45, 2.75) is 18.8 Å². The first-order valence-corrected chi connectivity index (χ1v) is 11.0. The second-order valence-corrected chi connectivity index (χ2v) is 8.53. The van der Waals surface area contributed by atoms with Gasteiger partial charge in [0.05, 0.1) is 16.6 Å². The molecule has 0 radical (unpaired) electrons. The molecule has 0 bridgehead atoms. The van der Waals surface area contributed by atoms with E-state index >= 15 is 0 Å². The molecule has 3 heterocycles. The molecule has 170 valence electrons. The maximum atomic E-state index is 13.9. The number of para-hydroxylation sites is 1. The van der Waals surface area contributed by atoms with Gasteiger partial charge in [-0.1, -0.05) is 6.07 Å². The Bertz CT molecular complexity index is 1320. The summed E-state index contributed by atoms with van der Waals surface area (Å²) in [5.74, 6) is -0.474. The average Bonchev–Trinajstić information content (AvgIpc) is 3.53. The number of carbonyl (C=O) groups is 1. The van der Waals surface area contributed by atoms with Gasteiger partial charge in [0.1, 0.15) is 17.5 Å². The van der Waals surface area contributed by atoms with Gasteiger partial charge in [0.15, 0.2) is 5.13 Å². The number of imidazole rings is 1. The van der Waals surface area contributed by atoms with E-state index < -0.39 is 23.8 Å². The van der Waals surface area contributed by atoms with Crippen molar-refractivity contribution in [3.05, 3.63) is 59.1 Å². The predicted octanol–water partition coefficient (Wildman–Crippen LogP) is 5.51. The summed E-state index contributed by atoms with van der Waals surface area (Å²) in [6.45, 7) is 0.429. The summed E-state index contributed by atoms with van der Waals surface area (Å²) in [7, 11) is 0. The van der Waals surface area contributed by atoms with Crippen LogP contribution >= 0.6 is 11.3 Å². The van der Waals surface area contributed by atoms with Crippen molar-refractivity contribution in [2.24, 2.45) is 0 Å². The Morgan fingerprint density at radius 2 is 2.09 bits per heavy atom. The smallest absolute Gasteiger partial charge is 0.368 e. The molecule has 0 saturated carbocycles. The van der Waals surface area contributed by atoms with Gasteiger partial charge in [-0.15, -0.1) is 11.3 Å². The Hall–Kier alpha value is -3.47. The molecule has 1 fully saturated rings. The van der Waals surface area contributed by atoms with Gasteiger partial charge in [-0.05, 0) is 36.8 Å². The molecule has 0 spiro atoms. The van der Waals surface area contributed by atoms with Crippen LogP contribution in [0.1, 0.15) is 22.3 Å². The number of anilines is 2. The number of hydrogen-bond acceptors (Lipinski definition) is 5. The van der Waals surface area contributed by atoms with Gasteiger partial charge < -0.3 is 9.88 Å². The number of rotatable bonds is 4. The summed E-state index contributed by atoms with van der Waals surface area (Å²) in [5.41, 5.74) is 0.166. The van der Waals surface area contributed by atoms with Crippen molar-refractivity contribution < 1.29 is 22.4 Å². The monoisotopic (exact) mass is 475 g/mol. The maximum Gasteiger partial charge on any atom is 0.417 e. The lowest BCUT2D eigenvalue weighted by Gasteiger charge is -2.20. The van der Waals surface area contributed by atoms with Crippen LogP contribution < -0.4 is 10.2 Å². The fourth-order valence-electron chi connectivity index (χ4n) is 3.91. The lowest BCUT2D eigenvalue weighted by atomic mass is 10.0. The second-order valence-electron chi connectivity index (χ2n) is 7.64. The molecule has 11 heteroatoms. The number of H-pyrrole nitrogens is 1. The van der Waals surface area contributed by atoms with Crippen molar-refractivity contribution in [1.29, 1.82) is 0 Å². The second kappa shape index (κ2) is 8.14. The van der Waals surface area contributed by atoms with Crippen LogP contribution in [0.15, 0.2) is 48.0 Å². The summed E-state index contributed by atoms with van der Waals surface area (Å²) in [5, 5.41) is 4.77. The van der Waals surface area contributed by atoms with Crippen molar-refractivity contribution in [1.82, 2.24) is 15.0 Å². The highest BCUT2D eigenvalue weighted by Gasteiger charge is 2.36. The molecule has 0 aliphatic carbocycles. The Labute approximate surface area is 189 Å². The highest BCUT2D eigenvalue weighted by molar-refractivity contribution is 7.13. The molecule has 1 saturated heterocycles. The van der Waals surface area contributed by atoms with Gasteiger partial charge in [0.25, 0.3) is 5.91 Å². The third-order valence-corrected chi connectivity index (χ3v) is 6.16. The summed E-state index contributed by atoms with van der Waals surface area (Å²) >= 11 is 1.25. The number of carbonyl (C=O) groups excluding carboxylic acids is 1. The molecule has 1 aliphatic rings. The number of aromatic amines is 1. The first kappa shape index (κ1) is 21.4. The highest BCUT2D eigenvalue weighted by atomic mass is 32.1. The zero-order valence-electron chi connectivity index (χ0n) is 17.0. The molecule has 2 aromatic heterocycles. The lowest BCUT2D eigenvalue weighted by molar-refractivity contribution is -0.137. The van der Waals surface area contributed by atoms with Crippen molar-refractivity contribution in [2.75, 3.05) is 23.3 Å². The van der Waals surface area contributed by atoms with Crippen LogP contribution in [0, 0.1) is 0 Å². The number of amides is 1. The van der Waals surface area contributed by atoms with E-state index in [4.69, 9.17) is 0 Å². The molecule has 2 aromatic carbocycles. The normalized spacial score (nSPS) is 16.5. The molecule has 1 atom stereocenters. The third-order valence-electron chi connectivity index (χ3n) is 5.47. The number of fused-ring (bicyclic) bond motifs is 1. The van der Waals surface area contributed by atoms with E-state index in [1.807, 2.05) is 0 Å². The number of nitrogens with zero attached hydrogens (tertiary/aromatic N) is 3. The summed E-state index contributed by atoms with van der Waals surface area (Å²) < 4.78 is 55.4. The zero-order valence-corrected chi connectivity index (χ0v) is 17.8. The van der Waals surface area contributed by atoms with Gasteiger partial charge in [0.2, 0.25) is 0 Å². The largest absolute Gasteiger partial charge is 0.417 e. The lowest BCUT2D eigenvalue weighted by Crippen LogP contribution is -2.21. The molecule has 1 unspecified atom stereocenters. The first-order valence-electron chi connectivity index (χ1n) is 10.1. The molecule has 1 aliphatic heterocycles. The number of thiazole rings is 1. The number of halogens is 4. The molecule has 1 amide bonds. The molecule has 6 nitrogen and oxygen atoms in total. The Morgan fingerprint density at radius 1 is 1.24 bits per heavy atom. The Balaban J connectivity index is 1.55. The van der Waals surface area contributed by atoms with E-state index in [1.165, 1.54) is 23.5 Å². The van der Waals surface area contributed by atoms with Gasteiger partial charge >= 0.3 is 6.18 Å². The summed E-state index contributed by atoms with van der Waals surface area (Å²) in [6, 6.07) is 8.69. The van der Waals surface area contributed by atoms with Crippen molar-refractivity contribution in [3.8, 4) is 11.4 Å². The zero-order chi connectivity index (χ0) is 23.2. The van der Waals surface area contributed by atoms with E-state index in [0.29, 0.717) is 29.3 Å². The van der Waals surface area contributed by atoms with E-state index in [0.717, 1.165) is 6.07 Å². The van der Waals surface area contributed by atoms with E-state index in [-0.39, 0.29) is 29.0 Å². The van der Waals surface area contributed by atoms with Gasteiger partial charge in [-0.2, -0.15) is 13.2 Å². The number of hydrogen-bond donors (Lipinski definition) is 2. The minimum atomic E-state index is -4.65. The Morgan fingerprint density at radius 3 is 2.79 bits per heavy atom. The van der Waals surface area contributed by atoms with Crippen LogP contribution in [0.5, 0.6) is 0 Å². The molecular formula is C22H17F4N5OS. The van der Waals surface area contributed by atoms with Crippen molar-refractivity contribution in [3.63, 3.8) is 0 Å². The molecular weight excluding hydrogens is 458 g/mol. The van der Waals surface area contributed by atoms with Crippen LogP contribution in [0.3, 0.4) is 0 Å². The molecule has 2 N–H and O–H groups in total. The SMILES string of the molecule is O=C(Nc1nccs1)c1cccc2[nH]c(-c3ccc(N4CCC(F)C4)cc3C(F)(F)F)nc12. The maximum absolute atomic E-state index is 13.9. The first-order chi connectivity index (χ1) is 15.8. The van der Waals surface area contributed by atoms with Crippen LogP contribution in [0.2, 0.25) is 0 Å². The predicted molar refractivity (Wildman–Crippen MR) is 118 cm³/mol. The van der Waals surface area contributed by atoms with Crippen LogP contribution in [-0.2, 0) is 6.18 Å². The topological polar surface area (TPSA) is 73.9 Å². The van der Waals surface area contributed by atoms with Crippen molar-refractivity contribution >= 4 is 39.1 Å². The Kier molecular flexibility index (Phi) is 5.28. The van der Waals surface area contributed by atoms with Crippen LogP contribution in [0.25, 0.3) is 22.4 Å². The van der Waals surface area contributed by atoms with Gasteiger partial charge in [-0.25, -0.2) is 14.4 Å². The quantitative estimate of drug-likeness (QED) is 0.382. The highest BCUT2D eigenvalue weighted by Crippen LogP contribution is 2.39. The minimum absolute atomic E-state index is 0.0110.